The molecule has 9 heteroatoms. The van der Waals surface area contributed by atoms with Gasteiger partial charge in [0.15, 0.2) is 0 Å². The second kappa shape index (κ2) is 6.52. The van der Waals surface area contributed by atoms with Crippen LogP contribution in [0.15, 0.2) is 48.9 Å². The lowest BCUT2D eigenvalue weighted by Gasteiger charge is -2.36. The minimum Gasteiger partial charge on any atom is -0.336 e. The third kappa shape index (κ3) is 2.81. The number of piperazine rings is 1. The number of fused-ring (bicyclic) bond motifs is 2. The van der Waals surface area contributed by atoms with E-state index in [1.807, 2.05) is 41.0 Å². The van der Waals surface area contributed by atoms with Crippen molar-refractivity contribution in [2.75, 3.05) is 31.5 Å². The van der Waals surface area contributed by atoms with Gasteiger partial charge in [0.05, 0.1) is 29.0 Å². The molecular weight excluding hydrogens is 358 g/mol. The first-order chi connectivity index (χ1) is 13.7. The molecule has 142 valence electrons. The third-order valence-electron chi connectivity index (χ3n) is 5.22. The molecule has 0 radical (unpaired) electrons. The number of pyridine rings is 1. The Morgan fingerprint density at radius 1 is 1.14 bits per heavy atom. The van der Waals surface area contributed by atoms with Crippen molar-refractivity contribution in [3.05, 3.63) is 48.9 Å². The van der Waals surface area contributed by atoms with Gasteiger partial charge in [-0.3, -0.25) is 4.57 Å². The number of urea groups is 2. The van der Waals surface area contributed by atoms with Gasteiger partial charge in [0.25, 0.3) is 0 Å². The maximum Gasteiger partial charge on any atom is 0.322 e. The zero-order chi connectivity index (χ0) is 19.1. The molecule has 2 fully saturated rings. The van der Waals surface area contributed by atoms with Gasteiger partial charge in [-0.05, 0) is 24.3 Å². The summed E-state index contributed by atoms with van der Waals surface area (Å²) in [6.45, 7) is 2.17. The normalized spacial score (nSPS) is 18.9. The SMILES string of the molecule is O=C(Nc1ccc(-n2cnc3ccccc32)nc1)N1CCN2C(=O)NC[C@H]2C1. The van der Waals surface area contributed by atoms with Gasteiger partial charge >= 0.3 is 12.1 Å². The van der Waals surface area contributed by atoms with Crippen molar-refractivity contribution < 1.29 is 9.59 Å². The molecule has 0 bridgehead atoms. The Bertz CT molecular complexity index is 1050. The summed E-state index contributed by atoms with van der Waals surface area (Å²) in [7, 11) is 0. The lowest BCUT2D eigenvalue weighted by Crippen LogP contribution is -2.54. The van der Waals surface area contributed by atoms with Gasteiger partial charge in [-0.2, -0.15) is 0 Å². The van der Waals surface area contributed by atoms with Crippen LogP contribution in [-0.2, 0) is 0 Å². The molecule has 0 saturated carbocycles. The van der Waals surface area contributed by atoms with Crippen LogP contribution in [0, 0.1) is 0 Å². The van der Waals surface area contributed by atoms with E-state index < -0.39 is 0 Å². The predicted octanol–water partition coefficient (Wildman–Crippen LogP) is 1.66. The van der Waals surface area contributed by atoms with Crippen LogP contribution in [0.2, 0.25) is 0 Å². The van der Waals surface area contributed by atoms with Crippen LogP contribution >= 0.6 is 0 Å². The monoisotopic (exact) mass is 377 g/mol. The molecule has 0 aliphatic carbocycles. The van der Waals surface area contributed by atoms with E-state index in [2.05, 4.69) is 20.6 Å². The molecule has 28 heavy (non-hydrogen) atoms. The Hall–Kier alpha value is -3.62. The Kier molecular flexibility index (Phi) is 3.85. The molecule has 0 unspecified atom stereocenters. The van der Waals surface area contributed by atoms with Crippen molar-refractivity contribution in [3.8, 4) is 5.82 Å². The first kappa shape index (κ1) is 16.5. The molecule has 2 N–H and O–H groups in total. The fourth-order valence-corrected chi connectivity index (χ4v) is 3.74. The van der Waals surface area contributed by atoms with E-state index in [-0.39, 0.29) is 18.1 Å². The highest BCUT2D eigenvalue weighted by molar-refractivity contribution is 5.89. The van der Waals surface area contributed by atoms with Crippen LogP contribution in [-0.4, -0.2) is 68.6 Å². The zero-order valence-electron chi connectivity index (χ0n) is 15.1. The van der Waals surface area contributed by atoms with Gasteiger partial charge in [-0.1, -0.05) is 12.1 Å². The van der Waals surface area contributed by atoms with Crippen molar-refractivity contribution in [2.24, 2.45) is 0 Å². The smallest absolute Gasteiger partial charge is 0.322 e. The fraction of sp³-hybridized carbons (Fsp3) is 0.263. The first-order valence-corrected chi connectivity index (χ1v) is 9.18. The van der Waals surface area contributed by atoms with Crippen molar-refractivity contribution >= 4 is 28.8 Å². The summed E-state index contributed by atoms with van der Waals surface area (Å²) in [6.07, 6.45) is 3.38. The van der Waals surface area contributed by atoms with Crippen LogP contribution in [0.5, 0.6) is 0 Å². The molecule has 1 aromatic carbocycles. The summed E-state index contributed by atoms with van der Waals surface area (Å²) in [4.78, 5) is 36.6. The Morgan fingerprint density at radius 3 is 2.89 bits per heavy atom. The van der Waals surface area contributed by atoms with E-state index in [9.17, 15) is 9.59 Å². The molecule has 2 aliphatic rings. The molecule has 4 amide bonds. The number of hydrogen-bond acceptors (Lipinski definition) is 4. The van der Waals surface area contributed by atoms with Crippen LogP contribution < -0.4 is 10.6 Å². The molecule has 1 atom stereocenters. The van der Waals surface area contributed by atoms with Gasteiger partial charge in [-0.25, -0.2) is 19.6 Å². The van der Waals surface area contributed by atoms with Crippen LogP contribution in [0.3, 0.4) is 0 Å². The average molecular weight is 377 g/mol. The highest BCUT2D eigenvalue weighted by Gasteiger charge is 2.36. The maximum absolute atomic E-state index is 12.6. The first-order valence-electron chi connectivity index (χ1n) is 9.18. The number of carbonyl (C=O) groups excluding carboxylic acids is 2. The van der Waals surface area contributed by atoms with Crippen LogP contribution in [0.1, 0.15) is 0 Å². The minimum absolute atomic E-state index is 0.0435. The molecule has 3 aromatic rings. The van der Waals surface area contributed by atoms with Crippen molar-refractivity contribution in [3.63, 3.8) is 0 Å². The number of hydrogen-bond donors (Lipinski definition) is 2. The molecule has 0 spiro atoms. The quantitative estimate of drug-likeness (QED) is 0.710. The van der Waals surface area contributed by atoms with Gasteiger partial charge in [-0.15, -0.1) is 0 Å². The number of benzene rings is 1. The zero-order valence-corrected chi connectivity index (χ0v) is 15.1. The second-order valence-corrected chi connectivity index (χ2v) is 6.92. The molecule has 2 saturated heterocycles. The summed E-state index contributed by atoms with van der Waals surface area (Å²) in [5.41, 5.74) is 2.51. The highest BCUT2D eigenvalue weighted by atomic mass is 16.2. The summed E-state index contributed by atoms with van der Waals surface area (Å²) in [6, 6.07) is 11.3. The molecule has 4 heterocycles. The number of carbonyl (C=O) groups is 2. The van der Waals surface area contributed by atoms with Gasteiger partial charge in [0.2, 0.25) is 0 Å². The average Bonchev–Trinajstić information content (AvgIpc) is 3.32. The Morgan fingerprint density at radius 2 is 2.04 bits per heavy atom. The van der Waals surface area contributed by atoms with Crippen molar-refractivity contribution in [1.29, 1.82) is 0 Å². The number of amides is 4. The second-order valence-electron chi connectivity index (χ2n) is 6.92. The summed E-state index contributed by atoms with van der Waals surface area (Å²) >= 11 is 0. The number of para-hydroxylation sites is 2. The molecule has 2 aliphatic heterocycles. The lowest BCUT2D eigenvalue weighted by molar-refractivity contribution is 0.136. The fourth-order valence-electron chi connectivity index (χ4n) is 3.74. The number of nitrogens with one attached hydrogen (secondary N) is 2. The number of nitrogens with zero attached hydrogens (tertiary/aromatic N) is 5. The predicted molar refractivity (Wildman–Crippen MR) is 103 cm³/mol. The van der Waals surface area contributed by atoms with Crippen LogP contribution in [0.25, 0.3) is 16.9 Å². The number of aromatic nitrogens is 3. The summed E-state index contributed by atoms with van der Waals surface area (Å²) in [5, 5.41) is 5.70. The van der Waals surface area contributed by atoms with Crippen molar-refractivity contribution in [2.45, 2.75) is 6.04 Å². The number of anilines is 1. The summed E-state index contributed by atoms with van der Waals surface area (Å²) < 4.78 is 1.91. The minimum atomic E-state index is -0.179. The Labute approximate surface area is 161 Å². The van der Waals surface area contributed by atoms with Crippen LogP contribution in [0.4, 0.5) is 15.3 Å². The largest absolute Gasteiger partial charge is 0.336 e. The third-order valence-corrected chi connectivity index (χ3v) is 5.22. The molecule has 2 aromatic heterocycles. The van der Waals surface area contributed by atoms with Gasteiger partial charge in [0, 0.05) is 26.2 Å². The molecule has 5 rings (SSSR count). The van der Waals surface area contributed by atoms with Gasteiger partial charge < -0.3 is 20.4 Å². The highest BCUT2D eigenvalue weighted by Crippen LogP contribution is 2.19. The van der Waals surface area contributed by atoms with E-state index in [0.717, 1.165) is 16.9 Å². The van der Waals surface area contributed by atoms with E-state index in [1.54, 1.807) is 22.3 Å². The lowest BCUT2D eigenvalue weighted by atomic mass is 10.2. The standard InChI is InChI=1S/C19H19N7O2/c27-18-21-10-14-11-24(7-8-25(14)18)19(28)23-13-5-6-17(20-9-13)26-12-22-15-3-1-2-4-16(15)26/h1-6,9,12,14H,7-8,10-11H2,(H,21,27)(H,23,28)/t14-/m0/s1. The van der Waals surface area contributed by atoms with E-state index in [4.69, 9.17) is 0 Å². The van der Waals surface area contributed by atoms with Crippen molar-refractivity contribution in [1.82, 2.24) is 29.7 Å². The van der Waals surface area contributed by atoms with Gasteiger partial charge in [0.1, 0.15) is 12.1 Å². The number of rotatable bonds is 2. The molecule has 9 nitrogen and oxygen atoms in total. The van der Waals surface area contributed by atoms with E-state index >= 15 is 0 Å². The van der Waals surface area contributed by atoms with E-state index in [1.165, 1.54) is 0 Å². The number of imidazole rings is 1. The van der Waals surface area contributed by atoms with E-state index in [0.29, 0.717) is 31.9 Å². The molecular formula is C19H19N7O2. The maximum atomic E-state index is 12.6. The Balaban J connectivity index is 1.27. The topological polar surface area (TPSA) is 95.4 Å². The summed E-state index contributed by atoms with van der Waals surface area (Å²) in [5.74, 6) is 0.732.